The van der Waals surface area contributed by atoms with Gasteiger partial charge in [0.1, 0.15) is 0 Å². The Morgan fingerprint density at radius 2 is 2.10 bits per heavy atom. The van der Waals surface area contributed by atoms with Crippen LogP contribution in [0, 0.1) is 0 Å². The topological polar surface area (TPSA) is 60.1 Å². The first-order valence-corrected chi connectivity index (χ1v) is 8.51. The van der Waals surface area contributed by atoms with Crippen LogP contribution in [0.25, 0.3) is 0 Å². The second-order valence-electron chi connectivity index (χ2n) is 6.85. The lowest BCUT2D eigenvalue weighted by Gasteiger charge is -2.33. The molecule has 0 aromatic rings. The van der Waals surface area contributed by atoms with Crippen molar-refractivity contribution in [1.29, 1.82) is 0 Å². The van der Waals surface area contributed by atoms with Crippen LogP contribution in [-0.4, -0.2) is 54.9 Å². The van der Waals surface area contributed by atoms with Crippen molar-refractivity contribution in [2.75, 3.05) is 26.2 Å². The molecule has 0 radical (unpaired) electrons. The number of ether oxygens (including phenoxy) is 2. The fourth-order valence-electron chi connectivity index (χ4n) is 3.91. The van der Waals surface area contributed by atoms with Gasteiger partial charge in [-0.3, -0.25) is 4.99 Å². The van der Waals surface area contributed by atoms with Crippen LogP contribution in [0.2, 0.25) is 0 Å². The van der Waals surface area contributed by atoms with E-state index in [9.17, 15) is 0 Å². The molecule has 120 valence electrons. The van der Waals surface area contributed by atoms with E-state index >= 15 is 0 Å². The molecule has 1 spiro atoms. The van der Waals surface area contributed by atoms with E-state index in [0.717, 1.165) is 26.1 Å². The smallest absolute Gasteiger partial charge is 0.191 e. The lowest BCUT2D eigenvalue weighted by molar-refractivity contribution is -0.0599. The largest absolute Gasteiger partial charge is 0.375 e. The Hall–Kier alpha value is -0.810. The molecule has 2 saturated heterocycles. The zero-order valence-corrected chi connectivity index (χ0v) is 13.2. The minimum Gasteiger partial charge on any atom is -0.375 e. The summed E-state index contributed by atoms with van der Waals surface area (Å²) >= 11 is 0. The normalized spacial score (nSPS) is 33.6. The van der Waals surface area contributed by atoms with Crippen molar-refractivity contribution >= 4 is 5.96 Å². The third-order valence-electron chi connectivity index (χ3n) is 5.13. The summed E-state index contributed by atoms with van der Waals surface area (Å²) in [6, 6.07) is 0. The molecule has 2 heterocycles. The van der Waals surface area contributed by atoms with Crippen LogP contribution in [0.3, 0.4) is 0 Å². The number of nitrogens with zero attached hydrogens (tertiary/aromatic N) is 2. The highest BCUT2D eigenvalue weighted by Gasteiger charge is 2.40. The molecule has 5 nitrogen and oxygen atoms in total. The third-order valence-corrected chi connectivity index (χ3v) is 5.13. The maximum atomic E-state index is 6.34. The fraction of sp³-hybridized carbons (Fsp3) is 0.938. The van der Waals surface area contributed by atoms with Gasteiger partial charge in [-0.1, -0.05) is 19.3 Å². The number of morpholine rings is 1. The predicted molar refractivity (Wildman–Crippen MR) is 83.4 cm³/mol. The van der Waals surface area contributed by atoms with Crippen LogP contribution in [0.15, 0.2) is 4.99 Å². The lowest BCUT2D eigenvalue weighted by Crippen LogP contribution is -2.48. The van der Waals surface area contributed by atoms with Crippen LogP contribution in [0.1, 0.15) is 51.9 Å². The van der Waals surface area contributed by atoms with Crippen LogP contribution >= 0.6 is 0 Å². The van der Waals surface area contributed by atoms with Crippen molar-refractivity contribution in [2.24, 2.45) is 10.7 Å². The molecule has 3 fully saturated rings. The zero-order chi connectivity index (χ0) is 14.7. The van der Waals surface area contributed by atoms with E-state index in [2.05, 4.69) is 16.8 Å². The van der Waals surface area contributed by atoms with Gasteiger partial charge in [-0.2, -0.15) is 0 Å². The molecule has 0 aromatic carbocycles. The first kappa shape index (κ1) is 15.1. The summed E-state index contributed by atoms with van der Waals surface area (Å²) < 4.78 is 11.9. The summed E-state index contributed by atoms with van der Waals surface area (Å²) in [6.45, 7) is 5.20. The van der Waals surface area contributed by atoms with Gasteiger partial charge in [0.05, 0.1) is 31.0 Å². The number of nitrogens with two attached hydrogens (primary N) is 1. The highest BCUT2D eigenvalue weighted by atomic mass is 16.5. The highest BCUT2D eigenvalue weighted by Crippen LogP contribution is 2.41. The first-order valence-electron chi connectivity index (χ1n) is 8.51. The molecule has 5 heteroatoms. The Balaban J connectivity index is 1.49. The molecule has 2 unspecified atom stereocenters. The Kier molecular flexibility index (Phi) is 4.69. The molecule has 3 rings (SSSR count). The third kappa shape index (κ3) is 3.69. The minimum atomic E-state index is 0.181. The summed E-state index contributed by atoms with van der Waals surface area (Å²) in [5.74, 6) is 0.651. The Morgan fingerprint density at radius 1 is 1.29 bits per heavy atom. The number of hydrogen-bond acceptors (Lipinski definition) is 3. The molecule has 0 amide bonds. The number of guanidine groups is 1. The standard InChI is InChI=1S/C16H29N3O2/c1-13-12-19(9-10-20-13)15(17)18-11-14-5-8-16(21-14)6-3-2-4-7-16/h13-14H,2-12H2,1H3,(H2,17,18). The number of rotatable bonds is 2. The van der Waals surface area contributed by atoms with Gasteiger partial charge < -0.3 is 20.1 Å². The second kappa shape index (κ2) is 6.53. The van der Waals surface area contributed by atoms with Crippen molar-refractivity contribution < 1.29 is 9.47 Å². The Labute approximate surface area is 127 Å². The van der Waals surface area contributed by atoms with Crippen LogP contribution < -0.4 is 5.73 Å². The van der Waals surface area contributed by atoms with Gasteiger partial charge in [0, 0.05) is 13.1 Å². The van der Waals surface area contributed by atoms with E-state index in [1.54, 1.807) is 0 Å². The van der Waals surface area contributed by atoms with Gasteiger partial charge >= 0.3 is 0 Å². The molecule has 0 aromatic heterocycles. The van der Waals surface area contributed by atoms with Crippen LogP contribution in [-0.2, 0) is 9.47 Å². The maximum absolute atomic E-state index is 6.34. The van der Waals surface area contributed by atoms with E-state index in [4.69, 9.17) is 15.2 Å². The molecule has 2 aliphatic heterocycles. The summed E-state index contributed by atoms with van der Waals surface area (Å²) in [7, 11) is 0. The molecule has 2 atom stereocenters. The summed E-state index contributed by atoms with van der Waals surface area (Å²) in [4.78, 5) is 6.71. The average molecular weight is 295 g/mol. The molecule has 21 heavy (non-hydrogen) atoms. The van der Waals surface area contributed by atoms with Crippen molar-refractivity contribution in [1.82, 2.24) is 4.90 Å². The second-order valence-corrected chi connectivity index (χ2v) is 6.85. The van der Waals surface area contributed by atoms with Gasteiger partial charge in [0.15, 0.2) is 5.96 Å². The average Bonchev–Trinajstić information content (AvgIpc) is 2.88. The molecule has 3 aliphatic rings. The minimum absolute atomic E-state index is 0.181. The van der Waals surface area contributed by atoms with E-state index in [-0.39, 0.29) is 17.8 Å². The quantitative estimate of drug-likeness (QED) is 0.624. The SMILES string of the molecule is CC1CN(C(N)=NCC2CCC3(CCCCC3)O2)CCO1. The summed E-state index contributed by atoms with van der Waals surface area (Å²) in [6.07, 6.45) is 9.34. The van der Waals surface area contributed by atoms with Gasteiger partial charge in [-0.15, -0.1) is 0 Å². The highest BCUT2D eigenvalue weighted by molar-refractivity contribution is 5.78. The van der Waals surface area contributed by atoms with E-state index in [1.165, 1.54) is 38.5 Å². The van der Waals surface area contributed by atoms with Crippen molar-refractivity contribution in [3.05, 3.63) is 0 Å². The number of aliphatic imine (C=N–C) groups is 1. The molecule has 0 bridgehead atoms. The van der Waals surface area contributed by atoms with E-state index in [0.29, 0.717) is 12.5 Å². The van der Waals surface area contributed by atoms with Crippen molar-refractivity contribution in [2.45, 2.75) is 69.7 Å². The van der Waals surface area contributed by atoms with Gasteiger partial charge in [0.2, 0.25) is 0 Å². The number of hydrogen-bond donors (Lipinski definition) is 1. The summed E-state index contributed by atoms with van der Waals surface area (Å²) in [5, 5.41) is 0. The van der Waals surface area contributed by atoms with Gasteiger partial charge in [-0.25, -0.2) is 0 Å². The predicted octanol–water partition coefficient (Wildman–Crippen LogP) is 1.90. The first-order chi connectivity index (χ1) is 10.2. The van der Waals surface area contributed by atoms with E-state index < -0.39 is 0 Å². The Morgan fingerprint density at radius 3 is 2.86 bits per heavy atom. The summed E-state index contributed by atoms with van der Waals surface area (Å²) in [5.41, 5.74) is 6.30. The van der Waals surface area contributed by atoms with Crippen LogP contribution in [0.5, 0.6) is 0 Å². The monoisotopic (exact) mass is 295 g/mol. The van der Waals surface area contributed by atoms with Gasteiger partial charge in [0.25, 0.3) is 0 Å². The zero-order valence-electron chi connectivity index (χ0n) is 13.2. The molecule has 1 saturated carbocycles. The van der Waals surface area contributed by atoms with E-state index in [1.807, 2.05) is 0 Å². The fourth-order valence-corrected chi connectivity index (χ4v) is 3.91. The molecule has 2 N–H and O–H groups in total. The molecule has 1 aliphatic carbocycles. The molecular weight excluding hydrogens is 266 g/mol. The van der Waals surface area contributed by atoms with Gasteiger partial charge in [-0.05, 0) is 32.6 Å². The maximum Gasteiger partial charge on any atom is 0.191 e. The Bertz CT molecular complexity index is 380. The van der Waals surface area contributed by atoms with Crippen molar-refractivity contribution in [3.8, 4) is 0 Å². The molecular formula is C16H29N3O2. The lowest BCUT2D eigenvalue weighted by atomic mass is 9.83. The van der Waals surface area contributed by atoms with Crippen LogP contribution in [0.4, 0.5) is 0 Å². The van der Waals surface area contributed by atoms with Crippen molar-refractivity contribution in [3.63, 3.8) is 0 Å².